The number of amidine groups is 1. The van der Waals surface area contributed by atoms with Gasteiger partial charge in [-0.15, -0.1) is 17.0 Å². The molecule has 0 aliphatic carbocycles. The largest absolute Gasteiger partial charge is 0.507 e. The van der Waals surface area contributed by atoms with Crippen molar-refractivity contribution in [1.82, 2.24) is 4.90 Å². The number of phenols is 1. The molecule has 180 valence electrons. The second-order valence-electron chi connectivity index (χ2n) is 10.4. The van der Waals surface area contributed by atoms with Gasteiger partial charge >= 0.3 is 0 Å². The smallest absolute Gasteiger partial charge is 0.182 e. The first-order valence-electron chi connectivity index (χ1n) is 10.8. The van der Waals surface area contributed by atoms with Crippen molar-refractivity contribution in [2.75, 3.05) is 20.8 Å². The van der Waals surface area contributed by atoms with Gasteiger partial charge in [0.15, 0.2) is 5.78 Å². The van der Waals surface area contributed by atoms with Gasteiger partial charge in [-0.05, 0) is 34.6 Å². The van der Waals surface area contributed by atoms with Crippen molar-refractivity contribution in [2.45, 2.75) is 58.9 Å². The summed E-state index contributed by atoms with van der Waals surface area (Å²) < 4.78 is 10.8. The first-order valence-corrected chi connectivity index (χ1v) is 10.8. The van der Waals surface area contributed by atoms with E-state index >= 15 is 0 Å². The Morgan fingerprint density at radius 2 is 1.55 bits per heavy atom. The lowest BCUT2D eigenvalue weighted by Crippen LogP contribution is -2.31. The first kappa shape index (κ1) is 26.7. The molecule has 0 fully saturated rings. The van der Waals surface area contributed by atoms with E-state index in [0.717, 1.165) is 16.7 Å². The molecule has 0 amide bonds. The van der Waals surface area contributed by atoms with Crippen LogP contribution < -0.4 is 9.47 Å². The number of halogens is 1. The SMILES string of the molecule is Br.COc1cc2c(c(OC)c1)C(=N)N(CC(=O)c1cc(C(C)(C)C)c(O)c(C(C)(C)C)c1)C2. The van der Waals surface area contributed by atoms with E-state index in [0.29, 0.717) is 29.2 Å². The van der Waals surface area contributed by atoms with Gasteiger partial charge in [0.05, 0.1) is 26.3 Å². The number of carbonyl (C=O) groups is 1. The van der Waals surface area contributed by atoms with Gasteiger partial charge in [0.1, 0.15) is 23.1 Å². The Morgan fingerprint density at radius 3 is 2.00 bits per heavy atom. The fourth-order valence-electron chi connectivity index (χ4n) is 4.10. The minimum atomic E-state index is -0.319. The maximum absolute atomic E-state index is 13.4. The molecule has 1 aliphatic heterocycles. The molecule has 1 aliphatic rings. The molecule has 33 heavy (non-hydrogen) atoms. The Labute approximate surface area is 207 Å². The van der Waals surface area contributed by atoms with Crippen LogP contribution in [0.15, 0.2) is 24.3 Å². The molecular formula is C26H35BrN2O4. The molecule has 0 bridgehead atoms. The van der Waals surface area contributed by atoms with E-state index in [9.17, 15) is 9.90 Å². The molecule has 7 heteroatoms. The van der Waals surface area contributed by atoms with E-state index in [1.807, 2.05) is 47.6 Å². The van der Waals surface area contributed by atoms with E-state index in [1.165, 1.54) is 0 Å². The topological polar surface area (TPSA) is 82.9 Å². The molecule has 6 nitrogen and oxygen atoms in total. The third kappa shape index (κ3) is 5.18. The lowest BCUT2D eigenvalue weighted by Gasteiger charge is -2.28. The maximum Gasteiger partial charge on any atom is 0.182 e. The van der Waals surface area contributed by atoms with E-state index in [-0.39, 0.29) is 51.7 Å². The summed E-state index contributed by atoms with van der Waals surface area (Å²) in [5, 5.41) is 19.6. The highest BCUT2D eigenvalue weighted by atomic mass is 79.9. The minimum absolute atomic E-state index is 0. The van der Waals surface area contributed by atoms with Gasteiger partial charge in [-0.3, -0.25) is 10.2 Å². The Balaban J connectivity index is 0.00000385. The minimum Gasteiger partial charge on any atom is -0.507 e. The number of ketones is 1. The molecule has 2 aromatic rings. The fraction of sp³-hybridized carbons (Fsp3) is 0.462. The van der Waals surface area contributed by atoms with Gasteiger partial charge in [-0.25, -0.2) is 0 Å². The second-order valence-corrected chi connectivity index (χ2v) is 10.4. The van der Waals surface area contributed by atoms with Crippen LogP contribution in [0.2, 0.25) is 0 Å². The van der Waals surface area contributed by atoms with Crippen molar-refractivity contribution >= 4 is 28.6 Å². The summed E-state index contributed by atoms with van der Waals surface area (Å²) in [4.78, 5) is 15.1. The van der Waals surface area contributed by atoms with Crippen molar-refractivity contribution in [2.24, 2.45) is 0 Å². The zero-order chi connectivity index (χ0) is 24.0. The number of Topliss-reactive ketones (excluding diaryl/α,β-unsaturated/α-hetero) is 1. The third-order valence-electron chi connectivity index (χ3n) is 5.91. The summed E-state index contributed by atoms with van der Waals surface area (Å²) >= 11 is 0. The monoisotopic (exact) mass is 518 g/mol. The molecule has 0 saturated heterocycles. The highest BCUT2D eigenvalue weighted by Crippen LogP contribution is 2.40. The number of benzene rings is 2. The van der Waals surface area contributed by atoms with Crippen molar-refractivity contribution in [1.29, 1.82) is 5.41 Å². The Bertz CT molecular complexity index is 1050. The molecule has 0 radical (unpaired) electrons. The van der Waals surface area contributed by atoms with Crippen LogP contribution in [0.25, 0.3) is 0 Å². The molecule has 0 aromatic heterocycles. The number of carbonyl (C=O) groups excluding carboxylic acids is 1. The number of rotatable bonds is 5. The van der Waals surface area contributed by atoms with Crippen molar-refractivity contribution in [3.8, 4) is 17.2 Å². The highest BCUT2D eigenvalue weighted by Gasteiger charge is 2.32. The Hall–Kier alpha value is -2.54. The van der Waals surface area contributed by atoms with Crippen molar-refractivity contribution in [3.63, 3.8) is 0 Å². The van der Waals surface area contributed by atoms with Gasteiger partial charge < -0.3 is 19.5 Å². The number of hydrogen-bond acceptors (Lipinski definition) is 5. The molecule has 3 rings (SSSR count). The van der Waals surface area contributed by atoms with Gasteiger partial charge in [0.2, 0.25) is 0 Å². The van der Waals surface area contributed by atoms with Gasteiger partial charge in [0.25, 0.3) is 0 Å². The predicted octanol–water partition coefficient (Wildman–Crippen LogP) is 5.61. The molecule has 2 N–H and O–H groups in total. The number of nitrogens with zero attached hydrogens (tertiary/aromatic N) is 1. The lowest BCUT2D eigenvalue weighted by molar-refractivity contribution is 0.0962. The standard InChI is InChI=1S/C26H34N2O4.BrH/c1-25(2,3)18-10-15(11-19(23(18)30)26(4,5)6)20(29)14-28-13-16-9-17(31-7)12-21(32-8)22(16)24(28)27;/h9-12,27,30H,13-14H2,1-8H3;1H. The van der Waals surface area contributed by atoms with Crippen LogP contribution in [0.4, 0.5) is 0 Å². The van der Waals surface area contributed by atoms with Crippen LogP contribution in [0.1, 0.15) is 74.2 Å². The zero-order valence-electron chi connectivity index (χ0n) is 20.8. The first-order chi connectivity index (χ1) is 14.8. The second kappa shape index (κ2) is 9.37. The summed E-state index contributed by atoms with van der Waals surface area (Å²) in [6.45, 7) is 12.6. The van der Waals surface area contributed by atoms with E-state index in [4.69, 9.17) is 14.9 Å². The molecule has 0 saturated carbocycles. The van der Waals surface area contributed by atoms with Crippen LogP contribution in [0.5, 0.6) is 17.2 Å². The quantitative estimate of drug-likeness (QED) is 0.502. The predicted molar refractivity (Wildman–Crippen MR) is 137 cm³/mol. The maximum atomic E-state index is 13.4. The van der Waals surface area contributed by atoms with E-state index < -0.39 is 0 Å². The highest BCUT2D eigenvalue weighted by molar-refractivity contribution is 8.93. The molecule has 0 atom stereocenters. The average molecular weight is 519 g/mol. The summed E-state index contributed by atoms with van der Waals surface area (Å²) in [6.07, 6.45) is 0. The average Bonchev–Trinajstić information content (AvgIpc) is 3.00. The molecule has 2 aromatic carbocycles. The van der Waals surface area contributed by atoms with Crippen LogP contribution >= 0.6 is 17.0 Å². The number of methoxy groups -OCH3 is 2. The van der Waals surface area contributed by atoms with Crippen LogP contribution in [0, 0.1) is 5.41 Å². The van der Waals surface area contributed by atoms with Crippen molar-refractivity contribution < 1.29 is 19.4 Å². The molecular weight excluding hydrogens is 484 g/mol. The number of aromatic hydroxyl groups is 1. The Kier molecular flexibility index (Phi) is 7.59. The summed E-state index contributed by atoms with van der Waals surface area (Å²) in [7, 11) is 3.15. The fourth-order valence-corrected chi connectivity index (χ4v) is 4.10. The number of phenolic OH excluding ortho intramolecular Hbond substituents is 1. The van der Waals surface area contributed by atoms with Crippen molar-refractivity contribution in [3.05, 3.63) is 52.1 Å². The van der Waals surface area contributed by atoms with Crippen LogP contribution in [0.3, 0.4) is 0 Å². The summed E-state index contributed by atoms with van der Waals surface area (Å²) in [5.74, 6) is 1.64. The molecule has 0 unspecified atom stereocenters. The van der Waals surface area contributed by atoms with Gasteiger partial charge in [-0.1, -0.05) is 41.5 Å². The van der Waals surface area contributed by atoms with Gasteiger partial charge in [0, 0.05) is 29.3 Å². The summed E-state index contributed by atoms with van der Waals surface area (Å²) in [5.41, 5.74) is 3.00. The van der Waals surface area contributed by atoms with E-state index in [2.05, 4.69) is 0 Å². The lowest BCUT2D eigenvalue weighted by atomic mass is 9.78. The molecule has 1 heterocycles. The van der Waals surface area contributed by atoms with Gasteiger partial charge in [-0.2, -0.15) is 0 Å². The normalized spacial score (nSPS) is 13.5. The van der Waals surface area contributed by atoms with E-state index in [1.54, 1.807) is 37.3 Å². The summed E-state index contributed by atoms with van der Waals surface area (Å²) in [6, 6.07) is 7.23. The Morgan fingerprint density at radius 1 is 1.00 bits per heavy atom. The number of ether oxygens (including phenoxy) is 2. The number of fused-ring (bicyclic) bond motifs is 1. The third-order valence-corrected chi connectivity index (χ3v) is 5.91. The number of hydrogen-bond donors (Lipinski definition) is 2. The number of nitrogens with one attached hydrogen (secondary N) is 1. The van der Waals surface area contributed by atoms with Crippen LogP contribution in [-0.2, 0) is 17.4 Å². The van der Waals surface area contributed by atoms with Crippen LogP contribution in [-0.4, -0.2) is 42.4 Å². The molecule has 0 spiro atoms. The zero-order valence-corrected chi connectivity index (χ0v) is 22.5.